The Bertz CT molecular complexity index is 172. The van der Waals surface area contributed by atoms with Crippen LogP contribution in [0, 0.1) is 0 Å². The van der Waals surface area contributed by atoms with Gasteiger partial charge in [0.05, 0.1) is 0 Å². The minimum atomic E-state index is 0.0729. The summed E-state index contributed by atoms with van der Waals surface area (Å²) in [6.45, 7) is 4.38. The molecule has 0 fully saturated rings. The van der Waals surface area contributed by atoms with Crippen LogP contribution in [0.2, 0.25) is 0 Å². The van der Waals surface area contributed by atoms with Crippen LogP contribution in [0.4, 0.5) is 0 Å². The average Bonchev–Trinajstić information content (AvgIpc) is 2.03. The number of rotatable bonds is 0. The van der Waals surface area contributed by atoms with Gasteiger partial charge in [0, 0.05) is 26.5 Å². The van der Waals surface area contributed by atoms with Crippen molar-refractivity contribution in [3.63, 3.8) is 0 Å². The van der Waals surface area contributed by atoms with E-state index in [4.69, 9.17) is 0 Å². The van der Waals surface area contributed by atoms with Crippen molar-refractivity contribution in [1.29, 1.82) is 0 Å². The molecule has 0 aromatic rings. The third-order valence-electron chi connectivity index (χ3n) is 2.46. The molecule has 0 aromatic carbocycles. The van der Waals surface area contributed by atoms with Crippen LogP contribution < -0.4 is 0 Å². The van der Waals surface area contributed by atoms with Crippen LogP contribution in [-0.4, -0.2) is 29.6 Å². The van der Waals surface area contributed by atoms with E-state index in [1.807, 2.05) is 12.2 Å². The Hall–Kier alpha value is -0.920. The van der Waals surface area contributed by atoms with Crippen molar-refractivity contribution in [1.82, 2.24) is 9.80 Å². The molecule has 0 aromatic heterocycles. The molecule has 0 N–H and O–H groups in total. The Morgan fingerprint density at radius 1 is 0.909 bits per heavy atom. The number of allylic oxidation sites excluding steroid dienone is 2. The van der Waals surface area contributed by atoms with E-state index >= 15 is 0 Å². The lowest BCUT2D eigenvalue weighted by atomic mass is 10.2. The van der Waals surface area contributed by atoms with Crippen molar-refractivity contribution in [2.45, 2.75) is 19.5 Å². The highest BCUT2D eigenvalue weighted by molar-refractivity contribution is 5.08. The maximum Gasteiger partial charge on any atom is 0.105 e. The van der Waals surface area contributed by atoms with Crippen molar-refractivity contribution in [2.75, 3.05) is 14.1 Å². The minimum absolute atomic E-state index is 0.0729. The van der Waals surface area contributed by atoms with E-state index in [1.54, 1.807) is 0 Å². The minimum Gasteiger partial charge on any atom is -0.358 e. The van der Waals surface area contributed by atoms with Gasteiger partial charge in [-0.25, -0.2) is 0 Å². The molecule has 0 aliphatic carbocycles. The second kappa shape index (κ2) is 2.61. The van der Waals surface area contributed by atoms with E-state index in [2.05, 4.69) is 50.1 Å². The Morgan fingerprint density at radius 2 is 1.27 bits per heavy atom. The van der Waals surface area contributed by atoms with Crippen LogP contribution in [0.15, 0.2) is 24.6 Å². The van der Waals surface area contributed by atoms with Gasteiger partial charge in [0.1, 0.15) is 5.66 Å². The standard InChI is InChI=1S/C9H16N2/c1-9(2)10(3)7-5-6-8-11(9)4/h5-8H,1-4H3. The fourth-order valence-corrected chi connectivity index (χ4v) is 0.971. The summed E-state index contributed by atoms with van der Waals surface area (Å²) >= 11 is 0. The van der Waals surface area contributed by atoms with Gasteiger partial charge >= 0.3 is 0 Å². The zero-order valence-electron chi connectivity index (χ0n) is 7.70. The van der Waals surface area contributed by atoms with Gasteiger partial charge in [0.15, 0.2) is 0 Å². The summed E-state index contributed by atoms with van der Waals surface area (Å²) in [6, 6.07) is 0. The van der Waals surface area contributed by atoms with Gasteiger partial charge in [0.2, 0.25) is 0 Å². The molecule has 0 atom stereocenters. The predicted octanol–water partition coefficient (Wildman–Crippen LogP) is 1.63. The third-order valence-corrected chi connectivity index (χ3v) is 2.46. The highest BCUT2D eigenvalue weighted by Gasteiger charge is 2.24. The molecule has 0 saturated heterocycles. The molecule has 0 amide bonds. The lowest BCUT2D eigenvalue weighted by Crippen LogP contribution is -2.48. The molecular formula is C9H16N2. The fraction of sp³-hybridized carbons (Fsp3) is 0.556. The molecule has 0 saturated carbocycles. The van der Waals surface area contributed by atoms with E-state index in [-0.39, 0.29) is 5.66 Å². The average molecular weight is 152 g/mol. The molecule has 0 spiro atoms. The Labute approximate surface area is 68.8 Å². The summed E-state index contributed by atoms with van der Waals surface area (Å²) < 4.78 is 0. The van der Waals surface area contributed by atoms with Crippen molar-refractivity contribution in [3.8, 4) is 0 Å². The van der Waals surface area contributed by atoms with Gasteiger partial charge in [-0.3, -0.25) is 0 Å². The molecule has 0 bridgehead atoms. The Morgan fingerprint density at radius 3 is 1.64 bits per heavy atom. The molecule has 1 heterocycles. The molecule has 62 valence electrons. The number of hydrogen-bond acceptors (Lipinski definition) is 2. The second-order valence-electron chi connectivity index (χ2n) is 3.40. The van der Waals surface area contributed by atoms with Crippen molar-refractivity contribution < 1.29 is 0 Å². The maximum atomic E-state index is 2.19. The summed E-state index contributed by atoms with van der Waals surface area (Å²) in [5, 5.41) is 0. The summed E-state index contributed by atoms with van der Waals surface area (Å²) in [7, 11) is 4.17. The molecule has 0 radical (unpaired) electrons. The van der Waals surface area contributed by atoms with Gasteiger partial charge in [-0.1, -0.05) is 0 Å². The van der Waals surface area contributed by atoms with Crippen LogP contribution in [0.25, 0.3) is 0 Å². The quantitative estimate of drug-likeness (QED) is 0.520. The predicted molar refractivity (Wildman–Crippen MR) is 47.9 cm³/mol. The molecule has 1 rings (SSSR count). The van der Waals surface area contributed by atoms with E-state index in [9.17, 15) is 0 Å². The molecular weight excluding hydrogens is 136 g/mol. The first-order chi connectivity index (χ1) is 5.05. The van der Waals surface area contributed by atoms with Gasteiger partial charge in [-0.2, -0.15) is 0 Å². The molecule has 2 nitrogen and oxygen atoms in total. The van der Waals surface area contributed by atoms with Crippen LogP contribution >= 0.6 is 0 Å². The summed E-state index contributed by atoms with van der Waals surface area (Å²) in [5.74, 6) is 0. The largest absolute Gasteiger partial charge is 0.358 e. The Balaban J connectivity index is 2.89. The monoisotopic (exact) mass is 152 g/mol. The maximum absolute atomic E-state index is 2.19. The van der Waals surface area contributed by atoms with Crippen LogP contribution in [0.3, 0.4) is 0 Å². The highest BCUT2D eigenvalue weighted by Crippen LogP contribution is 2.19. The van der Waals surface area contributed by atoms with E-state index in [0.29, 0.717) is 0 Å². The smallest absolute Gasteiger partial charge is 0.105 e. The summed E-state index contributed by atoms with van der Waals surface area (Å²) in [6.07, 6.45) is 8.26. The van der Waals surface area contributed by atoms with Crippen LogP contribution in [0.5, 0.6) is 0 Å². The highest BCUT2D eigenvalue weighted by atomic mass is 15.4. The van der Waals surface area contributed by atoms with Crippen LogP contribution in [-0.2, 0) is 0 Å². The first kappa shape index (κ1) is 8.18. The normalized spacial score (nSPS) is 22.2. The first-order valence-electron chi connectivity index (χ1n) is 3.86. The number of hydrogen-bond donors (Lipinski definition) is 0. The molecule has 1 aliphatic rings. The van der Waals surface area contributed by atoms with E-state index in [1.165, 1.54) is 0 Å². The topological polar surface area (TPSA) is 6.48 Å². The van der Waals surface area contributed by atoms with Gasteiger partial charge < -0.3 is 9.80 Å². The molecule has 0 unspecified atom stereocenters. The van der Waals surface area contributed by atoms with Crippen molar-refractivity contribution in [3.05, 3.63) is 24.6 Å². The van der Waals surface area contributed by atoms with Crippen molar-refractivity contribution in [2.24, 2.45) is 0 Å². The zero-order valence-corrected chi connectivity index (χ0v) is 7.70. The summed E-state index contributed by atoms with van der Waals surface area (Å²) in [5.41, 5.74) is 0.0729. The second-order valence-corrected chi connectivity index (χ2v) is 3.40. The SMILES string of the molecule is CN1C=CC=CN(C)C1(C)C. The van der Waals surface area contributed by atoms with Gasteiger partial charge in [0.25, 0.3) is 0 Å². The molecule has 11 heavy (non-hydrogen) atoms. The van der Waals surface area contributed by atoms with E-state index in [0.717, 1.165) is 0 Å². The fourth-order valence-electron chi connectivity index (χ4n) is 0.971. The lowest BCUT2D eigenvalue weighted by molar-refractivity contribution is 0.0755. The van der Waals surface area contributed by atoms with E-state index < -0.39 is 0 Å². The van der Waals surface area contributed by atoms with Crippen LogP contribution in [0.1, 0.15) is 13.8 Å². The van der Waals surface area contributed by atoms with Crippen molar-refractivity contribution >= 4 is 0 Å². The van der Waals surface area contributed by atoms with Gasteiger partial charge in [-0.15, -0.1) is 0 Å². The van der Waals surface area contributed by atoms with Gasteiger partial charge in [-0.05, 0) is 26.0 Å². The third kappa shape index (κ3) is 1.39. The molecule has 2 heteroatoms. The first-order valence-corrected chi connectivity index (χ1v) is 3.86. The Kier molecular flexibility index (Phi) is 1.94. The number of nitrogens with zero attached hydrogens (tertiary/aromatic N) is 2. The lowest BCUT2D eigenvalue weighted by Gasteiger charge is -2.41. The molecule has 1 aliphatic heterocycles. The summed E-state index contributed by atoms with van der Waals surface area (Å²) in [4.78, 5) is 4.38. The zero-order chi connectivity index (χ0) is 8.48.